The van der Waals surface area contributed by atoms with E-state index in [1.807, 2.05) is 24.3 Å². The summed E-state index contributed by atoms with van der Waals surface area (Å²) < 4.78 is 38.7. The largest absolute Gasteiger partial charge is 0.417 e. The Bertz CT molecular complexity index is 1200. The predicted molar refractivity (Wildman–Crippen MR) is 142 cm³/mol. The van der Waals surface area contributed by atoms with Crippen LogP contribution >= 0.6 is 23.2 Å². The first-order valence-electron chi connectivity index (χ1n) is 12.7. The summed E-state index contributed by atoms with van der Waals surface area (Å²) in [5.74, 6) is 0.639. The van der Waals surface area contributed by atoms with Gasteiger partial charge >= 0.3 is 6.18 Å². The molecule has 9 heteroatoms. The molecule has 1 amide bonds. The highest BCUT2D eigenvalue weighted by atomic mass is 35.5. The maximum Gasteiger partial charge on any atom is 0.417 e. The third kappa shape index (κ3) is 6.16. The zero-order chi connectivity index (χ0) is 26.9. The number of rotatable bonds is 6. The van der Waals surface area contributed by atoms with Gasteiger partial charge in [0, 0.05) is 47.2 Å². The molecule has 2 fully saturated rings. The van der Waals surface area contributed by atoms with E-state index in [-0.39, 0.29) is 29.8 Å². The van der Waals surface area contributed by atoms with E-state index in [4.69, 9.17) is 23.2 Å². The van der Waals surface area contributed by atoms with Gasteiger partial charge in [0.05, 0.1) is 11.3 Å². The number of piperidine rings is 1. The van der Waals surface area contributed by atoms with Gasteiger partial charge in [-0.1, -0.05) is 47.5 Å². The summed E-state index contributed by atoms with van der Waals surface area (Å²) in [5, 5.41) is 7.98. The predicted octanol–water partition coefficient (Wildman–Crippen LogP) is 7.00. The van der Waals surface area contributed by atoms with Crippen LogP contribution in [0.4, 0.5) is 13.2 Å². The van der Waals surface area contributed by atoms with Crippen molar-refractivity contribution in [1.29, 1.82) is 0 Å². The Labute approximate surface area is 229 Å². The van der Waals surface area contributed by atoms with Gasteiger partial charge in [0.2, 0.25) is 5.91 Å². The third-order valence-electron chi connectivity index (χ3n) is 7.84. The van der Waals surface area contributed by atoms with Gasteiger partial charge in [-0.25, -0.2) is 0 Å². The number of halogens is 5. The Morgan fingerprint density at radius 3 is 2.13 bits per heavy atom. The summed E-state index contributed by atoms with van der Waals surface area (Å²) in [7, 11) is 0. The first-order valence-corrected chi connectivity index (χ1v) is 13.5. The Balaban J connectivity index is 1.36. The summed E-state index contributed by atoms with van der Waals surface area (Å²) >= 11 is 12.4. The van der Waals surface area contributed by atoms with Crippen LogP contribution in [0, 0.1) is 11.8 Å². The van der Waals surface area contributed by atoms with Crippen LogP contribution in [-0.2, 0) is 17.5 Å². The monoisotopic (exact) mass is 561 g/mol. The lowest BCUT2D eigenvalue weighted by molar-refractivity contribution is -0.137. The summed E-state index contributed by atoms with van der Waals surface area (Å²) in [6, 6.07) is 18.3. The van der Waals surface area contributed by atoms with Gasteiger partial charge in [0.25, 0.3) is 0 Å². The molecule has 1 aliphatic heterocycles. The molecule has 1 aliphatic carbocycles. The fourth-order valence-corrected chi connectivity index (χ4v) is 6.27. The van der Waals surface area contributed by atoms with E-state index in [0.29, 0.717) is 34.6 Å². The van der Waals surface area contributed by atoms with E-state index in [9.17, 15) is 18.0 Å². The molecule has 2 aromatic carbocycles. The number of nitrogens with one attached hydrogen (secondary N) is 2. The normalized spacial score (nSPS) is 23.7. The van der Waals surface area contributed by atoms with Crippen LogP contribution in [0.15, 0.2) is 66.9 Å². The number of nitrogens with zero attached hydrogens (tertiary/aromatic N) is 1. The summed E-state index contributed by atoms with van der Waals surface area (Å²) in [6.45, 7) is 0.293. The first kappa shape index (κ1) is 27.0. The van der Waals surface area contributed by atoms with Crippen molar-refractivity contribution in [2.75, 3.05) is 0 Å². The maximum absolute atomic E-state index is 12.9. The molecule has 0 spiro atoms. The zero-order valence-corrected chi connectivity index (χ0v) is 22.0. The topological polar surface area (TPSA) is 54.0 Å². The number of carbonyl (C=O) groups is 1. The van der Waals surface area contributed by atoms with Crippen molar-refractivity contribution in [2.45, 2.75) is 56.4 Å². The average molecular weight is 562 g/mol. The van der Waals surface area contributed by atoms with Gasteiger partial charge in [-0.05, 0) is 78.6 Å². The minimum absolute atomic E-state index is 0.00506. The number of hydrogen-bond acceptors (Lipinski definition) is 3. The van der Waals surface area contributed by atoms with Crippen LogP contribution in [0.2, 0.25) is 10.0 Å². The fourth-order valence-electron chi connectivity index (χ4n) is 6.02. The highest BCUT2D eigenvalue weighted by molar-refractivity contribution is 6.30. The average Bonchev–Trinajstić information content (AvgIpc) is 2.89. The van der Waals surface area contributed by atoms with E-state index >= 15 is 0 Å². The van der Waals surface area contributed by atoms with Crippen LogP contribution < -0.4 is 10.6 Å². The van der Waals surface area contributed by atoms with Crippen molar-refractivity contribution < 1.29 is 18.0 Å². The van der Waals surface area contributed by atoms with E-state index in [2.05, 4.69) is 39.9 Å². The molecule has 2 aliphatic rings. The van der Waals surface area contributed by atoms with Gasteiger partial charge < -0.3 is 10.6 Å². The van der Waals surface area contributed by atoms with Gasteiger partial charge in [0.15, 0.2) is 0 Å². The van der Waals surface area contributed by atoms with Crippen molar-refractivity contribution >= 4 is 29.1 Å². The van der Waals surface area contributed by atoms with Crippen molar-refractivity contribution in [2.24, 2.45) is 11.8 Å². The highest BCUT2D eigenvalue weighted by Gasteiger charge is 2.43. The van der Waals surface area contributed by atoms with Crippen molar-refractivity contribution in [3.8, 4) is 0 Å². The lowest BCUT2D eigenvalue weighted by Gasteiger charge is -2.46. The smallest absolute Gasteiger partial charge is 0.353 e. The summed E-state index contributed by atoms with van der Waals surface area (Å²) in [4.78, 5) is 16.5. The Morgan fingerprint density at radius 1 is 0.947 bits per heavy atom. The van der Waals surface area contributed by atoms with E-state index in [0.717, 1.165) is 31.5 Å². The number of hydrogen-bond donors (Lipinski definition) is 2. The number of carbonyl (C=O) groups excluding carboxylic acids is 1. The van der Waals surface area contributed by atoms with Gasteiger partial charge in [-0.2, -0.15) is 13.2 Å². The molecule has 5 rings (SSSR count). The first-order chi connectivity index (χ1) is 18.2. The minimum Gasteiger partial charge on any atom is -0.353 e. The zero-order valence-electron chi connectivity index (χ0n) is 20.5. The molecule has 0 bridgehead atoms. The Morgan fingerprint density at radius 2 is 1.58 bits per heavy atom. The second kappa shape index (κ2) is 11.2. The van der Waals surface area contributed by atoms with Crippen LogP contribution in [0.5, 0.6) is 0 Å². The van der Waals surface area contributed by atoms with Crippen molar-refractivity contribution in [1.82, 2.24) is 15.6 Å². The molecule has 1 aromatic heterocycles. The fraction of sp³-hybridized carbons (Fsp3) is 0.379. The molecule has 38 heavy (non-hydrogen) atoms. The summed E-state index contributed by atoms with van der Waals surface area (Å²) in [5.41, 5.74) is 2.09. The van der Waals surface area contributed by atoms with E-state index in [1.165, 1.54) is 17.2 Å². The number of pyridine rings is 1. The number of alkyl halides is 3. The summed E-state index contributed by atoms with van der Waals surface area (Å²) in [6.07, 6.45) is -0.553. The molecular formula is C29H28Cl2F3N3O. The minimum atomic E-state index is -4.42. The number of aromatic nitrogens is 1. The molecule has 4 atom stereocenters. The second-order valence-electron chi connectivity index (χ2n) is 10.2. The second-order valence-corrected chi connectivity index (χ2v) is 11.1. The maximum atomic E-state index is 12.9. The van der Waals surface area contributed by atoms with Crippen LogP contribution in [0.3, 0.4) is 0 Å². The Kier molecular flexibility index (Phi) is 7.98. The van der Waals surface area contributed by atoms with Crippen molar-refractivity contribution in [3.63, 3.8) is 0 Å². The van der Waals surface area contributed by atoms with Gasteiger partial charge in [-0.3, -0.25) is 9.78 Å². The molecule has 1 saturated heterocycles. The van der Waals surface area contributed by atoms with E-state index in [1.54, 1.807) is 0 Å². The molecule has 0 radical (unpaired) electrons. The highest BCUT2D eigenvalue weighted by Crippen LogP contribution is 2.45. The lowest BCUT2D eigenvalue weighted by Crippen LogP contribution is -2.58. The number of benzene rings is 2. The standard InChI is InChI=1S/C29H28Cl2F3N3O/c30-21-7-1-17(2-8-21)28(18-3-9-22(31)10-4-18)19-5-12-25-24(13-19)26(14-27(38)37-25)36-16-23-11-6-20(15-35-23)29(32,33)34/h1-4,6-11,15,19,24-26,28,36H,5,12-14,16H2,(H,37,38). The molecule has 1 saturated carbocycles. The quantitative estimate of drug-likeness (QED) is 0.340. The van der Waals surface area contributed by atoms with Crippen LogP contribution in [0.1, 0.15) is 54.0 Å². The van der Waals surface area contributed by atoms with Gasteiger partial charge in [-0.15, -0.1) is 0 Å². The van der Waals surface area contributed by atoms with Crippen LogP contribution in [0.25, 0.3) is 0 Å². The molecule has 3 aromatic rings. The van der Waals surface area contributed by atoms with Crippen LogP contribution in [-0.4, -0.2) is 23.0 Å². The SMILES string of the molecule is O=C1CC(NCc2ccc(C(F)(F)F)cn2)C2CC(C(c3ccc(Cl)cc3)c3ccc(Cl)cc3)CCC2N1. The molecule has 2 heterocycles. The van der Waals surface area contributed by atoms with Gasteiger partial charge in [0.1, 0.15) is 0 Å². The lowest BCUT2D eigenvalue weighted by atomic mass is 9.65. The van der Waals surface area contributed by atoms with E-state index < -0.39 is 11.7 Å². The molecular weight excluding hydrogens is 534 g/mol. The molecule has 4 nitrogen and oxygen atoms in total. The number of fused-ring (bicyclic) bond motifs is 1. The molecule has 200 valence electrons. The van der Waals surface area contributed by atoms with Crippen molar-refractivity contribution in [3.05, 3.63) is 99.3 Å². The Hall–Kier alpha value is -2.61. The number of amides is 1. The molecule has 2 N–H and O–H groups in total. The third-order valence-corrected chi connectivity index (χ3v) is 8.34. The molecule has 4 unspecified atom stereocenters.